The number of rotatable bonds is 2. The highest BCUT2D eigenvalue weighted by atomic mass is 35.5. The second kappa shape index (κ2) is 4.33. The highest BCUT2D eigenvalue weighted by Gasteiger charge is 2.05. The van der Waals surface area contributed by atoms with E-state index in [1.54, 1.807) is 18.4 Å². The van der Waals surface area contributed by atoms with Gasteiger partial charge in [0, 0.05) is 0 Å². The quantitative estimate of drug-likeness (QED) is 0.806. The van der Waals surface area contributed by atoms with E-state index in [1.165, 1.54) is 11.3 Å². The summed E-state index contributed by atoms with van der Waals surface area (Å²) in [6, 6.07) is 1.73. The highest BCUT2D eigenvalue weighted by Crippen LogP contribution is 2.27. The fourth-order valence-electron chi connectivity index (χ4n) is 0.659. The van der Waals surface area contributed by atoms with E-state index in [1.807, 2.05) is 0 Å². The van der Waals surface area contributed by atoms with Crippen LogP contribution in [0.1, 0.15) is 6.92 Å². The van der Waals surface area contributed by atoms with Crippen molar-refractivity contribution in [3.05, 3.63) is 15.8 Å². The zero-order valence-electron chi connectivity index (χ0n) is 6.46. The van der Waals surface area contributed by atoms with Crippen LogP contribution in [0, 0.1) is 0 Å². The van der Waals surface area contributed by atoms with E-state index in [0.29, 0.717) is 16.6 Å². The Labute approximate surface area is 79.3 Å². The number of carbonyl (C=O) groups is 1. The molecule has 3 nitrogen and oxygen atoms in total. The van der Waals surface area contributed by atoms with Gasteiger partial charge in [0.1, 0.15) is 4.34 Å². The fourth-order valence-corrected chi connectivity index (χ4v) is 1.49. The minimum atomic E-state index is -0.474. The molecule has 1 amide bonds. The summed E-state index contributed by atoms with van der Waals surface area (Å²) < 4.78 is 5.22. The van der Waals surface area contributed by atoms with Gasteiger partial charge in [-0.15, -0.1) is 11.3 Å². The first-order chi connectivity index (χ1) is 5.74. The summed E-state index contributed by atoms with van der Waals surface area (Å²) in [5.41, 5.74) is 0.597. The summed E-state index contributed by atoms with van der Waals surface area (Å²) in [7, 11) is 0. The smallest absolute Gasteiger partial charge is 0.411 e. The first-order valence-electron chi connectivity index (χ1n) is 3.40. The predicted octanol–water partition coefficient (Wildman–Crippen LogP) is 2.97. The van der Waals surface area contributed by atoms with Gasteiger partial charge in [-0.3, -0.25) is 5.32 Å². The molecule has 0 aliphatic rings. The predicted molar refractivity (Wildman–Crippen MR) is 50.0 cm³/mol. The van der Waals surface area contributed by atoms with Crippen molar-refractivity contribution in [3.8, 4) is 0 Å². The van der Waals surface area contributed by atoms with E-state index < -0.39 is 6.09 Å². The first-order valence-corrected chi connectivity index (χ1v) is 4.66. The van der Waals surface area contributed by atoms with E-state index in [9.17, 15) is 4.79 Å². The number of amides is 1. The SMILES string of the molecule is CCOC(=O)Nc1ccsc1Cl. The normalized spacial score (nSPS) is 9.50. The number of thiophene rings is 1. The average molecular weight is 206 g/mol. The van der Waals surface area contributed by atoms with Crippen LogP contribution in [-0.4, -0.2) is 12.7 Å². The minimum absolute atomic E-state index is 0.355. The van der Waals surface area contributed by atoms with Gasteiger partial charge in [0.15, 0.2) is 0 Å². The van der Waals surface area contributed by atoms with Crippen LogP contribution in [0.15, 0.2) is 11.4 Å². The van der Waals surface area contributed by atoms with E-state index in [0.717, 1.165) is 0 Å². The molecule has 1 N–H and O–H groups in total. The van der Waals surface area contributed by atoms with Crippen molar-refractivity contribution < 1.29 is 9.53 Å². The molecule has 0 aromatic carbocycles. The summed E-state index contributed by atoms with van der Waals surface area (Å²) in [6.45, 7) is 2.10. The van der Waals surface area contributed by atoms with Gasteiger partial charge in [-0.05, 0) is 18.4 Å². The second-order valence-corrected chi connectivity index (χ2v) is 3.47. The number of hydrogen-bond acceptors (Lipinski definition) is 3. The van der Waals surface area contributed by atoms with Crippen LogP contribution in [0.25, 0.3) is 0 Å². The monoisotopic (exact) mass is 205 g/mol. The molecule has 1 rings (SSSR count). The number of nitrogens with one attached hydrogen (secondary N) is 1. The zero-order chi connectivity index (χ0) is 8.97. The first kappa shape index (κ1) is 9.35. The third-order valence-corrected chi connectivity index (χ3v) is 2.30. The Morgan fingerprint density at radius 1 is 1.83 bits per heavy atom. The van der Waals surface area contributed by atoms with Gasteiger partial charge in [-0.2, -0.15) is 0 Å². The van der Waals surface area contributed by atoms with Gasteiger partial charge < -0.3 is 4.74 Å². The molecule has 0 fully saturated rings. The van der Waals surface area contributed by atoms with E-state index >= 15 is 0 Å². The number of carbonyl (C=O) groups excluding carboxylic acids is 1. The topological polar surface area (TPSA) is 38.3 Å². The van der Waals surface area contributed by atoms with E-state index in [4.69, 9.17) is 11.6 Å². The molecule has 0 unspecified atom stereocenters. The molecule has 0 spiro atoms. The summed E-state index contributed by atoms with van der Waals surface area (Å²) in [4.78, 5) is 10.9. The van der Waals surface area contributed by atoms with Crippen molar-refractivity contribution in [2.75, 3.05) is 11.9 Å². The molecule has 0 bridgehead atoms. The zero-order valence-corrected chi connectivity index (χ0v) is 8.04. The Hall–Kier alpha value is -0.740. The molecule has 0 aliphatic heterocycles. The lowest BCUT2D eigenvalue weighted by molar-refractivity contribution is 0.168. The fraction of sp³-hybridized carbons (Fsp3) is 0.286. The minimum Gasteiger partial charge on any atom is -0.450 e. The summed E-state index contributed by atoms with van der Waals surface area (Å²) in [5, 5.41) is 4.30. The van der Waals surface area contributed by atoms with Crippen LogP contribution < -0.4 is 5.32 Å². The van der Waals surface area contributed by atoms with E-state index in [2.05, 4.69) is 10.1 Å². The van der Waals surface area contributed by atoms with Crippen LogP contribution in [0.2, 0.25) is 4.34 Å². The molecule has 0 saturated heterocycles. The number of anilines is 1. The number of ether oxygens (including phenoxy) is 1. The summed E-state index contributed by atoms with van der Waals surface area (Å²) >= 11 is 7.09. The van der Waals surface area contributed by atoms with Crippen LogP contribution in [0.4, 0.5) is 10.5 Å². The molecule has 1 heterocycles. The van der Waals surface area contributed by atoms with Crippen molar-refractivity contribution in [3.63, 3.8) is 0 Å². The lowest BCUT2D eigenvalue weighted by Crippen LogP contribution is -2.12. The van der Waals surface area contributed by atoms with Crippen molar-refractivity contribution in [1.82, 2.24) is 0 Å². The Morgan fingerprint density at radius 3 is 3.08 bits per heavy atom. The van der Waals surface area contributed by atoms with Crippen molar-refractivity contribution in [2.24, 2.45) is 0 Å². The number of hydrogen-bond donors (Lipinski definition) is 1. The molecule has 12 heavy (non-hydrogen) atoms. The van der Waals surface area contributed by atoms with Gasteiger partial charge >= 0.3 is 6.09 Å². The molecular weight excluding hydrogens is 198 g/mol. The van der Waals surface area contributed by atoms with Crippen molar-refractivity contribution >= 4 is 34.7 Å². The van der Waals surface area contributed by atoms with Crippen LogP contribution in [0.3, 0.4) is 0 Å². The Kier molecular flexibility index (Phi) is 3.37. The lowest BCUT2D eigenvalue weighted by atomic mass is 10.5. The Bertz CT molecular complexity index is 274. The van der Waals surface area contributed by atoms with Gasteiger partial charge in [0.2, 0.25) is 0 Å². The highest BCUT2D eigenvalue weighted by molar-refractivity contribution is 7.15. The maximum atomic E-state index is 10.9. The van der Waals surface area contributed by atoms with Crippen molar-refractivity contribution in [2.45, 2.75) is 6.92 Å². The molecule has 66 valence electrons. The molecule has 1 aromatic rings. The molecule has 0 atom stereocenters. The van der Waals surface area contributed by atoms with Gasteiger partial charge in [0.25, 0.3) is 0 Å². The molecule has 1 aromatic heterocycles. The lowest BCUT2D eigenvalue weighted by Gasteiger charge is -2.02. The number of halogens is 1. The Balaban J connectivity index is 2.52. The van der Waals surface area contributed by atoms with Crippen LogP contribution in [0.5, 0.6) is 0 Å². The van der Waals surface area contributed by atoms with Crippen molar-refractivity contribution in [1.29, 1.82) is 0 Å². The largest absolute Gasteiger partial charge is 0.450 e. The third-order valence-electron chi connectivity index (χ3n) is 1.13. The van der Waals surface area contributed by atoms with Crippen LogP contribution in [-0.2, 0) is 4.74 Å². The molecule has 5 heteroatoms. The summed E-state index contributed by atoms with van der Waals surface area (Å²) in [5.74, 6) is 0. The maximum absolute atomic E-state index is 10.9. The average Bonchev–Trinajstić information content (AvgIpc) is 2.37. The third kappa shape index (κ3) is 2.39. The maximum Gasteiger partial charge on any atom is 0.411 e. The summed E-state index contributed by atoms with van der Waals surface area (Å²) in [6.07, 6.45) is -0.474. The Morgan fingerprint density at radius 2 is 2.58 bits per heavy atom. The second-order valence-electron chi connectivity index (χ2n) is 1.95. The molecular formula is C7H8ClNO2S. The van der Waals surface area contributed by atoms with Crippen LogP contribution >= 0.6 is 22.9 Å². The van der Waals surface area contributed by atoms with Gasteiger partial charge in [0.05, 0.1) is 12.3 Å². The van der Waals surface area contributed by atoms with E-state index in [-0.39, 0.29) is 0 Å². The molecule has 0 saturated carbocycles. The van der Waals surface area contributed by atoms with Gasteiger partial charge in [-0.1, -0.05) is 11.6 Å². The molecule has 0 aliphatic carbocycles. The van der Waals surface area contributed by atoms with Gasteiger partial charge in [-0.25, -0.2) is 4.79 Å². The standard InChI is InChI=1S/C7H8ClNO2S/c1-2-11-7(10)9-5-3-4-12-6(5)8/h3-4H,2H2,1H3,(H,9,10). The molecule has 0 radical (unpaired) electrons.